The second-order valence-corrected chi connectivity index (χ2v) is 6.93. The van der Waals surface area contributed by atoms with Gasteiger partial charge < -0.3 is 15.5 Å². The zero-order chi connectivity index (χ0) is 14.5. The van der Waals surface area contributed by atoms with E-state index >= 15 is 0 Å². The van der Waals surface area contributed by atoms with Crippen molar-refractivity contribution < 1.29 is 4.79 Å². The Morgan fingerprint density at radius 2 is 1.80 bits per heavy atom. The molecule has 1 aliphatic carbocycles. The molecule has 0 aromatic heterocycles. The Labute approximate surface area is 123 Å². The van der Waals surface area contributed by atoms with Crippen molar-refractivity contribution >= 4 is 5.91 Å². The predicted molar refractivity (Wildman–Crippen MR) is 82.4 cm³/mol. The summed E-state index contributed by atoms with van der Waals surface area (Å²) in [5, 5.41) is 0. The second kappa shape index (κ2) is 7.41. The van der Waals surface area contributed by atoms with E-state index in [9.17, 15) is 4.79 Å². The number of hydrogen-bond donors (Lipinski definition) is 1. The molecule has 2 fully saturated rings. The van der Waals surface area contributed by atoms with Crippen LogP contribution in [0.1, 0.15) is 44.9 Å². The summed E-state index contributed by atoms with van der Waals surface area (Å²) in [7, 11) is 4.24. The Balaban J connectivity index is 1.77. The number of nitrogens with zero attached hydrogens (tertiary/aromatic N) is 2. The summed E-state index contributed by atoms with van der Waals surface area (Å²) >= 11 is 0. The van der Waals surface area contributed by atoms with E-state index < -0.39 is 0 Å². The fraction of sp³-hybridized carbons (Fsp3) is 0.938. The first kappa shape index (κ1) is 15.8. The molecule has 1 heterocycles. The van der Waals surface area contributed by atoms with Gasteiger partial charge in [-0.05, 0) is 71.0 Å². The monoisotopic (exact) mass is 281 g/mol. The first-order valence-electron chi connectivity index (χ1n) is 8.24. The minimum absolute atomic E-state index is 0.382. The van der Waals surface area contributed by atoms with Crippen molar-refractivity contribution in [2.24, 2.45) is 17.6 Å². The van der Waals surface area contributed by atoms with Crippen LogP contribution in [0.5, 0.6) is 0 Å². The summed E-state index contributed by atoms with van der Waals surface area (Å²) in [6, 6.07) is 0.542. The van der Waals surface area contributed by atoms with Gasteiger partial charge in [-0.25, -0.2) is 0 Å². The molecule has 0 spiro atoms. The molecule has 1 saturated carbocycles. The maximum atomic E-state index is 12.5. The van der Waals surface area contributed by atoms with E-state index in [0.29, 0.717) is 23.8 Å². The van der Waals surface area contributed by atoms with Gasteiger partial charge in [0.2, 0.25) is 5.91 Å². The molecule has 0 aromatic rings. The fourth-order valence-corrected chi connectivity index (χ4v) is 3.65. The van der Waals surface area contributed by atoms with Crippen LogP contribution in [0.3, 0.4) is 0 Å². The summed E-state index contributed by atoms with van der Waals surface area (Å²) < 4.78 is 0. The molecular weight excluding hydrogens is 250 g/mol. The standard InChI is InChI=1S/C16H31N3O/c1-18(2)15-4-3-9-19(12-15)16(20)10-13-5-7-14(11-17)8-6-13/h13-15H,3-12,17H2,1-2H3. The molecule has 2 aliphatic rings. The summed E-state index contributed by atoms with van der Waals surface area (Å²) in [5.74, 6) is 1.69. The lowest BCUT2D eigenvalue weighted by molar-refractivity contribution is -0.134. The molecule has 1 aliphatic heterocycles. The Bertz CT molecular complexity index is 311. The lowest BCUT2D eigenvalue weighted by Crippen LogP contribution is -2.47. The second-order valence-electron chi connectivity index (χ2n) is 6.93. The molecule has 116 valence electrons. The van der Waals surface area contributed by atoms with E-state index in [-0.39, 0.29) is 0 Å². The van der Waals surface area contributed by atoms with Crippen LogP contribution in [0.2, 0.25) is 0 Å². The third kappa shape index (κ3) is 4.19. The first-order chi connectivity index (χ1) is 9.60. The highest BCUT2D eigenvalue weighted by atomic mass is 16.2. The molecule has 1 atom stereocenters. The van der Waals surface area contributed by atoms with E-state index in [2.05, 4.69) is 23.9 Å². The quantitative estimate of drug-likeness (QED) is 0.853. The SMILES string of the molecule is CN(C)C1CCCN(C(=O)CC2CCC(CN)CC2)C1. The van der Waals surface area contributed by atoms with E-state index in [1.54, 1.807) is 0 Å². The van der Waals surface area contributed by atoms with Crippen LogP contribution in [0.15, 0.2) is 0 Å². The van der Waals surface area contributed by atoms with E-state index in [4.69, 9.17) is 5.73 Å². The Hall–Kier alpha value is -0.610. The molecule has 20 heavy (non-hydrogen) atoms. The molecular formula is C16H31N3O. The van der Waals surface area contributed by atoms with Gasteiger partial charge in [0.25, 0.3) is 0 Å². The number of rotatable bonds is 4. The molecule has 2 N–H and O–H groups in total. The molecule has 0 aromatic carbocycles. The molecule has 4 nitrogen and oxygen atoms in total. The van der Waals surface area contributed by atoms with Gasteiger partial charge in [0.15, 0.2) is 0 Å². The predicted octanol–water partition coefficient (Wildman–Crippen LogP) is 1.69. The molecule has 1 unspecified atom stereocenters. The average molecular weight is 281 g/mol. The largest absolute Gasteiger partial charge is 0.341 e. The number of likely N-dealkylation sites (N-methyl/N-ethyl adjacent to an activating group) is 1. The van der Waals surface area contributed by atoms with Crippen LogP contribution in [0.25, 0.3) is 0 Å². The summed E-state index contributed by atoms with van der Waals surface area (Å²) in [4.78, 5) is 16.8. The Morgan fingerprint density at radius 3 is 2.40 bits per heavy atom. The summed E-state index contributed by atoms with van der Waals surface area (Å²) in [5.41, 5.74) is 5.73. The van der Waals surface area contributed by atoms with Gasteiger partial charge in [0.05, 0.1) is 0 Å². The lowest BCUT2D eigenvalue weighted by Gasteiger charge is -2.37. The molecule has 0 radical (unpaired) electrons. The number of hydrogen-bond acceptors (Lipinski definition) is 3. The van der Waals surface area contributed by atoms with E-state index in [1.165, 1.54) is 32.1 Å². The van der Waals surface area contributed by atoms with Crippen molar-refractivity contribution in [1.29, 1.82) is 0 Å². The third-order valence-electron chi connectivity index (χ3n) is 5.24. The summed E-state index contributed by atoms with van der Waals surface area (Å²) in [6.45, 7) is 2.70. The maximum Gasteiger partial charge on any atom is 0.222 e. The maximum absolute atomic E-state index is 12.5. The number of piperidine rings is 1. The Morgan fingerprint density at radius 1 is 1.15 bits per heavy atom. The zero-order valence-electron chi connectivity index (χ0n) is 13.2. The smallest absolute Gasteiger partial charge is 0.222 e. The van der Waals surface area contributed by atoms with Crippen molar-refractivity contribution in [2.45, 2.75) is 51.0 Å². The number of carbonyl (C=O) groups excluding carboxylic acids is 1. The average Bonchev–Trinajstić information content (AvgIpc) is 2.48. The molecule has 4 heteroatoms. The van der Waals surface area contributed by atoms with Crippen LogP contribution in [0, 0.1) is 11.8 Å². The van der Waals surface area contributed by atoms with Gasteiger partial charge in [0.1, 0.15) is 0 Å². The highest BCUT2D eigenvalue weighted by Gasteiger charge is 2.28. The van der Waals surface area contributed by atoms with E-state index in [1.807, 2.05) is 0 Å². The minimum atomic E-state index is 0.382. The van der Waals surface area contributed by atoms with E-state index in [0.717, 1.165) is 32.5 Å². The zero-order valence-corrected chi connectivity index (χ0v) is 13.2. The van der Waals surface area contributed by atoms with Gasteiger partial charge in [-0.2, -0.15) is 0 Å². The van der Waals surface area contributed by atoms with Gasteiger partial charge in [-0.15, -0.1) is 0 Å². The van der Waals surface area contributed by atoms with Crippen molar-refractivity contribution in [1.82, 2.24) is 9.80 Å². The number of likely N-dealkylation sites (tertiary alicyclic amines) is 1. The number of carbonyl (C=O) groups is 1. The van der Waals surface area contributed by atoms with Gasteiger partial charge in [-0.1, -0.05) is 0 Å². The van der Waals surface area contributed by atoms with Crippen molar-refractivity contribution in [2.75, 3.05) is 33.7 Å². The fourth-order valence-electron chi connectivity index (χ4n) is 3.65. The van der Waals surface area contributed by atoms with Crippen molar-refractivity contribution in [3.05, 3.63) is 0 Å². The highest BCUT2D eigenvalue weighted by Crippen LogP contribution is 2.31. The molecule has 0 bridgehead atoms. The lowest BCUT2D eigenvalue weighted by atomic mass is 9.80. The van der Waals surface area contributed by atoms with Gasteiger partial charge in [0, 0.05) is 25.6 Å². The molecule has 2 rings (SSSR count). The van der Waals surface area contributed by atoms with Crippen LogP contribution in [-0.2, 0) is 4.79 Å². The Kier molecular flexibility index (Phi) is 5.85. The normalized spacial score (nSPS) is 31.6. The van der Waals surface area contributed by atoms with Crippen molar-refractivity contribution in [3.8, 4) is 0 Å². The van der Waals surface area contributed by atoms with Crippen LogP contribution >= 0.6 is 0 Å². The first-order valence-corrected chi connectivity index (χ1v) is 8.24. The molecule has 1 amide bonds. The van der Waals surface area contributed by atoms with Crippen LogP contribution in [-0.4, -0.2) is 55.5 Å². The topological polar surface area (TPSA) is 49.6 Å². The minimum Gasteiger partial charge on any atom is -0.341 e. The number of nitrogens with two attached hydrogens (primary N) is 1. The molecule has 1 saturated heterocycles. The third-order valence-corrected chi connectivity index (χ3v) is 5.24. The number of amides is 1. The van der Waals surface area contributed by atoms with Crippen LogP contribution in [0.4, 0.5) is 0 Å². The summed E-state index contributed by atoms with van der Waals surface area (Å²) in [6.07, 6.45) is 7.95. The van der Waals surface area contributed by atoms with Gasteiger partial charge in [-0.3, -0.25) is 4.79 Å². The van der Waals surface area contributed by atoms with Gasteiger partial charge >= 0.3 is 0 Å². The highest BCUT2D eigenvalue weighted by molar-refractivity contribution is 5.76. The van der Waals surface area contributed by atoms with Crippen LogP contribution < -0.4 is 5.73 Å². The van der Waals surface area contributed by atoms with Crippen molar-refractivity contribution in [3.63, 3.8) is 0 Å².